The van der Waals surface area contributed by atoms with E-state index in [1.807, 2.05) is 6.07 Å². The smallest absolute Gasteiger partial charge is 0.253 e. The molecule has 1 aliphatic rings. The van der Waals surface area contributed by atoms with E-state index < -0.39 is 0 Å². The van der Waals surface area contributed by atoms with Gasteiger partial charge in [0.25, 0.3) is 5.91 Å². The van der Waals surface area contributed by atoms with Gasteiger partial charge in [-0.2, -0.15) is 0 Å². The molecule has 2 unspecified atom stereocenters. The SMILES string of the molecule is CC1CC1NC(=O)c1cccc(Br)c1Cl. The minimum atomic E-state index is -0.0874. The molecule has 1 aliphatic carbocycles. The van der Waals surface area contributed by atoms with Crippen molar-refractivity contribution in [3.05, 3.63) is 33.3 Å². The number of halogens is 2. The van der Waals surface area contributed by atoms with Crippen LogP contribution in [-0.2, 0) is 0 Å². The summed E-state index contributed by atoms with van der Waals surface area (Å²) >= 11 is 9.32. The molecule has 1 aromatic carbocycles. The third kappa shape index (κ3) is 2.34. The van der Waals surface area contributed by atoms with Gasteiger partial charge in [-0.05, 0) is 40.4 Å². The first kappa shape index (κ1) is 11.0. The topological polar surface area (TPSA) is 29.1 Å². The molecule has 80 valence electrons. The van der Waals surface area contributed by atoms with Crippen LogP contribution in [0.2, 0.25) is 5.02 Å². The molecule has 0 aromatic heterocycles. The number of benzene rings is 1. The number of rotatable bonds is 2. The van der Waals surface area contributed by atoms with Crippen molar-refractivity contribution in [2.45, 2.75) is 19.4 Å². The zero-order valence-corrected chi connectivity index (χ0v) is 10.6. The van der Waals surface area contributed by atoms with Crippen molar-refractivity contribution in [3.8, 4) is 0 Å². The molecule has 15 heavy (non-hydrogen) atoms. The maximum atomic E-state index is 11.8. The van der Waals surface area contributed by atoms with Gasteiger partial charge in [-0.3, -0.25) is 4.79 Å². The number of carbonyl (C=O) groups excluding carboxylic acids is 1. The molecule has 0 radical (unpaired) electrons. The number of carbonyl (C=O) groups is 1. The van der Waals surface area contributed by atoms with Crippen molar-refractivity contribution >= 4 is 33.4 Å². The highest BCUT2D eigenvalue weighted by molar-refractivity contribution is 9.10. The van der Waals surface area contributed by atoms with E-state index in [1.54, 1.807) is 12.1 Å². The Morgan fingerprint density at radius 3 is 2.87 bits per heavy atom. The Balaban J connectivity index is 2.14. The lowest BCUT2D eigenvalue weighted by molar-refractivity contribution is 0.0949. The molecule has 1 saturated carbocycles. The molecule has 1 fully saturated rings. The van der Waals surface area contributed by atoms with Crippen molar-refractivity contribution < 1.29 is 4.79 Å². The highest BCUT2D eigenvalue weighted by atomic mass is 79.9. The third-order valence-electron chi connectivity index (χ3n) is 2.62. The Bertz CT molecular complexity index is 408. The molecule has 2 nitrogen and oxygen atoms in total. The van der Waals surface area contributed by atoms with E-state index in [0.717, 1.165) is 10.9 Å². The van der Waals surface area contributed by atoms with Crippen molar-refractivity contribution in [2.75, 3.05) is 0 Å². The molecule has 2 atom stereocenters. The van der Waals surface area contributed by atoms with E-state index in [9.17, 15) is 4.79 Å². The predicted octanol–water partition coefficient (Wildman–Crippen LogP) is 3.24. The summed E-state index contributed by atoms with van der Waals surface area (Å²) in [6.07, 6.45) is 1.07. The molecular weight excluding hydrogens is 277 g/mol. The Morgan fingerprint density at radius 1 is 1.60 bits per heavy atom. The Labute approximate surface area is 102 Å². The third-order valence-corrected chi connectivity index (χ3v) is 3.92. The fourth-order valence-electron chi connectivity index (χ4n) is 1.45. The second-order valence-corrected chi connectivity index (χ2v) is 5.13. The molecule has 0 saturated heterocycles. The number of hydrogen-bond acceptors (Lipinski definition) is 1. The van der Waals surface area contributed by atoms with Crippen LogP contribution in [0.4, 0.5) is 0 Å². The van der Waals surface area contributed by atoms with E-state index in [1.165, 1.54) is 0 Å². The molecule has 0 spiro atoms. The highest BCUT2D eigenvalue weighted by Crippen LogP contribution is 2.31. The van der Waals surface area contributed by atoms with Gasteiger partial charge in [-0.25, -0.2) is 0 Å². The molecule has 1 amide bonds. The molecule has 2 rings (SSSR count). The second kappa shape index (κ2) is 4.14. The summed E-state index contributed by atoms with van der Waals surface area (Å²) in [6.45, 7) is 2.12. The van der Waals surface area contributed by atoms with E-state index in [0.29, 0.717) is 22.5 Å². The molecular formula is C11H11BrClNO. The maximum Gasteiger partial charge on any atom is 0.253 e. The standard InChI is InChI=1S/C11H11BrClNO/c1-6-5-9(6)14-11(15)7-3-2-4-8(12)10(7)13/h2-4,6,9H,5H2,1H3,(H,14,15). The minimum absolute atomic E-state index is 0.0874. The van der Waals surface area contributed by atoms with Crippen molar-refractivity contribution in [1.29, 1.82) is 0 Å². The normalized spacial score (nSPS) is 23.7. The Morgan fingerprint density at radius 2 is 2.27 bits per heavy atom. The summed E-state index contributed by atoms with van der Waals surface area (Å²) in [7, 11) is 0. The molecule has 1 aromatic rings. The van der Waals surface area contributed by atoms with Gasteiger partial charge in [0.2, 0.25) is 0 Å². The summed E-state index contributed by atoms with van der Waals surface area (Å²) in [6, 6.07) is 5.68. The molecule has 0 aliphatic heterocycles. The lowest BCUT2D eigenvalue weighted by Gasteiger charge is -2.06. The maximum absolute atomic E-state index is 11.8. The summed E-state index contributed by atoms with van der Waals surface area (Å²) < 4.78 is 0.751. The summed E-state index contributed by atoms with van der Waals surface area (Å²) in [5, 5.41) is 3.42. The van der Waals surface area contributed by atoms with Gasteiger partial charge < -0.3 is 5.32 Å². The van der Waals surface area contributed by atoms with Gasteiger partial charge in [0.15, 0.2) is 0 Å². The Kier molecular flexibility index (Phi) is 3.03. The predicted molar refractivity (Wildman–Crippen MR) is 64.2 cm³/mol. The van der Waals surface area contributed by atoms with Crippen molar-refractivity contribution in [1.82, 2.24) is 5.32 Å². The average molecular weight is 289 g/mol. The minimum Gasteiger partial charge on any atom is -0.349 e. The van der Waals surface area contributed by atoms with Crippen LogP contribution < -0.4 is 5.32 Å². The zero-order chi connectivity index (χ0) is 11.0. The fourth-order valence-corrected chi connectivity index (χ4v) is 2.03. The van der Waals surface area contributed by atoms with Gasteiger partial charge in [-0.1, -0.05) is 24.6 Å². The summed E-state index contributed by atoms with van der Waals surface area (Å²) in [5.41, 5.74) is 0.533. The number of hydrogen-bond donors (Lipinski definition) is 1. The molecule has 0 heterocycles. The zero-order valence-electron chi connectivity index (χ0n) is 8.26. The van der Waals surface area contributed by atoms with Gasteiger partial charge in [-0.15, -0.1) is 0 Å². The largest absolute Gasteiger partial charge is 0.349 e. The molecule has 0 bridgehead atoms. The van der Waals surface area contributed by atoms with E-state index >= 15 is 0 Å². The van der Waals surface area contributed by atoms with Crippen LogP contribution in [0.15, 0.2) is 22.7 Å². The lowest BCUT2D eigenvalue weighted by atomic mass is 10.2. The van der Waals surface area contributed by atoms with E-state index in [2.05, 4.69) is 28.2 Å². The second-order valence-electron chi connectivity index (χ2n) is 3.89. The van der Waals surface area contributed by atoms with Crippen LogP contribution in [0.5, 0.6) is 0 Å². The van der Waals surface area contributed by atoms with Gasteiger partial charge >= 0.3 is 0 Å². The monoisotopic (exact) mass is 287 g/mol. The van der Waals surface area contributed by atoms with Gasteiger partial charge in [0.05, 0.1) is 10.6 Å². The Hall–Kier alpha value is -0.540. The first-order valence-electron chi connectivity index (χ1n) is 4.84. The molecule has 1 N–H and O–H groups in total. The van der Waals surface area contributed by atoms with E-state index in [-0.39, 0.29) is 5.91 Å². The quantitative estimate of drug-likeness (QED) is 0.889. The number of nitrogens with one attached hydrogen (secondary N) is 1. The van der Waals surface area contributed by atoms with Crippen molar-refractivity contribution in [3.63, 3.8) is 0 Å². The summed E-state index contributed by atoms with van der Waals surface area (Å²) in [5.74, 6) is 0.510. The van der Waals surface area contributed by atoms with Crippen molar-refractivity contribution in [2.24, 2.45) is 5.92 Å². The first-order chi connectivity index (χ1) is 7.09. The van der Waals surface area contributed by atoms with Gasteiger partial charge in [0, 0.05) is 10.5 Å². The van der Waals surface area contributed by atoms with Crippen LogP contribution in [0.1, 0.15) is 23.7 Å². The fraction of sp³-hybridized carbons (Fsp3) is 0.364. The first-order valence-corrected chi connectivity index (χ1v) is 6.01. The van der Waals surface area contributed by atoms with Crippen LogP contribution >= 0.6 is 27.5 Å². The van der Waals surface area contributed by atoms with Crippen LogP contribution in [0.3, 0.4) is 0 Å². The highest BCUT2D eigenvalue weighted by Gasteiger charge is 2.34. The van der Waals surface area contributed by atoms with Crippen LogP contribution in [0.25, 0.3) is 0 Å². The van der Waals surface area contributed by atoms with Crippen LogP contribution in [-0.4, -0.2) is 11.9 Å². The average Bonchev–Trinajstić information content (AvgIpc) is 2.86. The molecule has 4 heteroatoms. The van der Waals surface area contributed by atoms with E-state index in [4.69, 9.17) is 11.6 Å². The van der Waals surface area contributed by atoms with Crippen LogP contribution in [0, 0.1) is 5.92 Å². The van der Waals surface area contributed by atoms with Gasteiger partial charge in [0.1, 0.15) is 0 Å². The number of amides is 1. The lowest BCUT2D eigenvalue weighted by Crippen LogP contribution is -2.26. The summed E-state index contributed by atoms with van der Waals surface area (Å²) in [4.78, 5) is 11.8.